The molecule has 0 spiro atoms. The highest BCUT2D eigenvalue weighted by molar-refractivity contribution is 5.20. The summed E-state index contributed by atoms with van der Waals surface area (Å²) in [6, 6.07) is 0. The molecule has 1 aliphatic heterocycles. The van der Waals surface area contributed by atoms with Crippen LogP contribution in [0.15, 0.2) is 0 Å². The number of likely N-dealkylation sites (tertiary alicyclic amines) is 1. The van der Waals surface area contributed by atoms with Crippen molar-refractivity contribution in [2.45, 2.75) is 26.7 Å². The Labute approximate surface area is 73.7 Å². The van der Waals surface area contributed by atoms with Crippen LogP contribution < -0.4 is 0 Å². The van der Waals surface area contributed by atoms with E-state index < -0.39 is 0 Å². The second-order valence-corrected chi connectivity index (χ2v) is 3.20. The van der Waals surface area contributed by atoms with Crippen LogP contribution in [0.1, 0.15) is 26.7 Å². The number of hydrogen-bond donors (Lipinski definition) is 0. The van der Waals surface area contributed by atoms with E-state index in [0.717, 1.165) is 5.92 Å². The van der Waals surface area contributed by atoms with Crippen LogP contribution in [0.5, 0.6) is 0 Å². The molecule has 1 aliphatic rings. The standard InChI is InChI=1S/C8H17N.CO2/c1-3-9-6-4-8(2)5-7-9;2-1-3/h8H,3-7H2,1-2H3;. The smallest absolute Gasteiger partial charge is 0.304 e. The van der Waals surface area contributed by atoms with Gasteiger partial charge in [-0.15, -0.1) is 0 Å². The van der Waals surface area contributed by atoms with Gasteiger partial charge in [0.2, 0.25) is 0 Å². The number of carbonyl (C=O) groups excluding carboxylic acids is 2. The molecule has 0 aromatic heterocycles. The minimum atomic E-state index is 0.250. The van der Waals surface area contributed by atoms with Crippen LogP contribution in [0.2, 0.25) is 0 Å². The lowest BCUT2D eigenvalue weighted by Crippen LogP contribution is -2.32. The average molecular weight is 171 g/mol. The van der Waals surface area contributed by atoms with Crippen LogP contribution in [0.3, 0.4) is 0 Å². The zero-order chi connectivity index (χ0) is 9.40. The fourth-order valence-electron chi connectivity index (χ4n) is 1.38. The van der Waals surface area contributed by atoms with Gasteiger partial charge in [0, 0.05) is 0 Å². The first-order valence-corrected chi connectivity index (χ1v) is 4.46. The molecular weight excluding hydrogens is 154 g/mol. The molecule has 0 unspecified atom stereocenters. The normalized spacial score (nSPS) is 19.2. The van der Waals surface area contributed by atoms with E-state index in [1.807, 2.05) is 0 Å². The molecule has 1 fully saturated rings. The maximum Gasteiger partial charge on any atom is 0.373 e. The van der Waals surface area contributed by atoms with Crippen molar-refractivity contribution in [2.75, 3.05) is 19.6 Å². The summed E-state index contributed by atoms with van der Waals surface area (Å²) in [5, 5.41) is 0. The maximum atomic E-state index is 8.12. The van der Waals surface area contributed by atoms with Gasteiger partial charge in [0.05, 0.1) is 0 Å². The zero-order valence-electron chi connectivity index (χ0n) is 7.88. The highest BCUT2D eigenvalue weighted by atomic mass is 16.2. The van der Waals surface area contributed by atoms with Gasteiger partial charge >= 0.3 is 6.15 Å². The molecule has 3 heteroatoms. The van der Waals surface area contributed by atoms with Gasteiger partial charge in [0.1, 0.15) is 0 Å². The molecule has 0 saturated carbocycles. The average Bonchev–Trinajstić information content (AvgIpc) is 2.07. The first-order valence-electron chi connectivity index (χ1n) is 4.46. The molecule has 0 aromatic rings. The largest absolute Gasteiger partial charge is 0.373 e. The molecule has 3 nitrogen and oxygen atoms in total. The monoisotopic (exact) mass is 171 g/mol. The number of piperidine rings is 1. The Morgan fingerprint density at radius 2 is 1.75 bits per heavy atom. The molecule has 1 saturated heterocycles. The molecule has 0 atom stereocenters. The molecule has 0 aliphatic carbocycles. The summed E-state index contributed by atoms with van der Waals surface area (Å²) in [4.78, 5) is 18.8. The van der Waals surface area contributed by atoms with Gasteiger partial charge in [-0.2, -0.15) is 9.59 Å². The van der Waals surface area contributed by atoms with Crippen molar-refractivity contribution in [3.8, 4) is 0 Å². The van der Waals surface area contributed by atoms with Gasteiger partial charge in [-0.05, 0) is 38.4 Å². The topological polar surface area (TPSA) is 37.4 Å². The molecule has 1 rings (SSSR count). The van der Waals surface area contributed by atoms with Gasteiger partial charge in [0.15, 0.2) is 0 Å². The molecule has 0 bridgehead atoms. The summed E-state index contributed by atoms with van der Waals surface area (Å²) in [6.45, 7) is 8.51. The van der Waals surface area contributed by atoms with Crippen molar-refractivity contribution in [2.24, 2.45) is 5.92 Å². The Kier molecular flexibility index (Phi) is 6.63. The van der Waals surface area contributed by atoms with E-state index in [2.05, 4.69) is 18.7 Å². The summed E-state index contributed by atoms with van der Waals surface area (Å²) >= 11 is 0. The Balaban J connectivity index is 0.000000354. The molecule has 0 aromatic carbocycles. The van der Waals surface area contributed by atoms with Crippen LogP contribution >= 0.6 is 0 Å². The van der Waals surface area contributed by atoms with Crippen LogP contribution in [0.25, 0.3) is 0 Å². The number of rotatable bonds is 1. The minimum absolute atomic E-state index is 0.250. The van der Waals surface area contributed by atoms with Crippen LogP contribution in [0.4, 0.5) is 0 Å². The maximum absolute atomic E-state index is 8.12. The molecule has 1 heterocycles. The summed E-state index contributed by atoms with van der Waals surface area (Å²) in [6.07, 6.45) is 3.07. The van der Waals surface area contributed by atoms with Crippen LogP contribution in [-0.4, -0.2) is 30.7 Å². The molecule has 12 heavy (non-hydrogen) atoms. The van der Waals surface area contributed by atoms with Gasteiger partial charge < -0.3 is 4.90 Å². The van der Waals surface area contributed by atoms with Gasteiger partial charge in [-0.3, -0.25) is 0 Å². The van der Waals surface area contributed by atoms with Crippen molar-refractivity contribution >= 4 is 6.15 Å². The summed E-state index contributed by atoms with van der Waals surface area (Å²) in [5.41, 5.74) is 0. The third kappa shape index (κ3) is 5.05. The second kappa shape index (κ2) is 7.01. The second-order valence-electron chi connectivity index (χ2n) is 3.20. The van der Waals surface area contributed by atoms with Crippen molar-refractivity contribution in [3.63, 3.8) is 0 Å². The summed E-state index contributed by atoms with van der Waals surface area (Å²) in [7, 11) is 0. The van der Waals surface area contributed by atoms with Crippen molar-refractivity contribution in [1.82, 2.24) is 4.90 Å². The lowest BCUT2D eigenvalue weighted by molar-refractivity contribution is -0.191. The van der Waals surface area contributed by atoms with Crippen molar-refractivity contribution in [1.29, 1.82) is 0 Å². The predicted octanol–water partition coefficient (Wildman–Crippen LogP) is 1.15. The van der Waals surface area contributed by atoms with Crippen molar-refractivity contribution < 1.29 is 9.59 Å². The lowest BCUT2D eigenvalue weighted by Gasteiger charge is -2.28. The van der Waals surface area contributed by atoms with Gasteiger partial charge in [-0.25, -0.2) is 0 Å². The number of hydrogen-bond acceptors (Lipinski definition) is 3. The summed E-state index contributed by atoms with van der Waals surface area (Å²) < 4.78 is 0. The molecule has 0 radical (unpaired) electrons. The van der Waals surface area contributed by atoms with E-state index in [1.165, 1.54) is 32.5 Å². The molecule has 0 N–H and O–H groups in total. The van der Waals surface area contributed by atoms with E-state index in [0.29, 0.717) is 0 Å². The first-order chi connectivity index (χ1) is 5.74. The quantitative estimate of drug-likeness (QED) is 0.594. The van der Waals surface area contributed by atoms with E-state index in [9.17, 15) is 0 Å². The highest BCUT2D eigenvalue weighted by Gasteiger charge is 2.12. The summed E-state index contributed by atoms with van der Waals surface area (Å²) in [5.74, 6) is 0.979. The van der Waals surface area contributed by atoms with Gasteiger partial charge in [-0.1, -0.05) is 13.8 Å². The Morgan fingerprint density at radius 1 is 1.33 bits per heavy atom. The Hall–Kier alpha value is -0.660. The first kappa shape index (κ1) is 11.3. The molecular formula is C9H17NO2. The van der Waals surface area contributed by atoms with E-state index in [-0.39, 0.29) is 6.15 Å². The third-order valence-corrected chi connectivity index (χ3v) is 2.32. The highest BCUT2D eigenvalue weighted by Crippen LogP contribution is 2.14. The number of nitrogens with zero attached hydrogens (tertiary/aromatic N) is 1. The van der Waals surface area contributed by atoms with Gasteiger partial charge in [0.25, 0.3) is 0 Å². The third-order valence-electron chi connectivity index (χ3n) is 2.32. The van der Waals surface area contributed by atoms with E-state index in [4.69, 9.17) is 9.59 Å². The SMILES string of the molecule is CCN1CCC(C)CC1.O=C=O. The minimum Gasteiger partial charge on any atom is -0.304 e. The van der Waals surface area contributed by atoms with E-state index in [1.54, 1.807) is 0 Å². The molecule has 0 amide bonds. The lowest BCUT2D eigenvalue weighted by atomic mass is 9.99. The fourth-order valence-corrected chi connectivity index (χ4v) is 1.38. The predicted molar refractivity (Wildman–Crippen MR) is 45.5 cm³/mol. The zero-order valence-corrected chi connectivity index (χ0v) is 7.88. The Morgan fingerprint density at radius 3 is 2.08 bits per heavy atom. The molecule has 70 valence electrons. The Bertz CT molecular complexity index is 133. The van der Waals surface area contributed by atoms with E-state index >= 15 is 0 Å². The van der Waals surface area contributed by atoms with Crippen LogP contribution in [-0.2, 0) is 9.59 Å². The van der Waals surface area contributed by atoms with Crippen molar-refractivity contribution in [3.05, 3.63) is 0 Å². The van der Waals surface area contributed by atoms with Crippen LogP contribution in [0, 0.1) is 5.92 Å². The fraction of sp³-hybridized carbons (Fsp3) is 0.889.